The molecule has 0 aliphatic rings. The summed E-state index contributed by atoms with van der Waals surface area (Å²) in [5.41, 5.74) is 1.08. The van der Waals surface area contributed by atoms with E-state index in [4.69, 9.17) is 27.9 Å². The van der Waals surface area contributed by atoms with E-state index < -0.39 is 5.24 Å². The van der Waals surface area contributed by atoms with Gasteiger partial charge in [-0.1, -0.05) is 11.6 Å². The maximum absolute atomic E-state index is 10.9. The number of methoxy groups -OCH3 is 1. The van der Waals surface area contributed by atoms with Gasteiger partial charge in [0.15, 0.2) is 0 Å². The van der Waals surface area contributed by atoms with Crippen LogP contribution in [-0.2, 0) is 0 Å². The van der Waals surface area contributed by atoms with E-state index in [9.17, 15) is 4.79 Å². The van der Waals surface area contributed by atoms with Crippen LogP contribution in [0.25, 0.3) is 0 Å². The van der Waals surface area contributed by atoms with Crippen molar-refractivity contribution in [2.75, 3.05) is 7.11 Å². The van der Waals surface area contributed by atoms with Gasteiger partial charge >= 0.3 is 0 Å². The van der Waals surface area contributed by atoms with Crippen LogP contribution in [0.15, 0.2) is 12.1 Å². The van der Waals surface area contributed by atoms with Crippen molar-refractivity contribution in [2.24, 2.45) is 0 Å². The van der Waals surface area contributed by atoms with Crippen molar-refractivity contribution in [3.05, 3.63) is 28.3 Å². The molecule has 13 heavy (non-hydrogen) atoms. The number of ether oxygens (including phenoxy) is 1. The van der Waals surface area contributed by atoms with Gasteiger partial charge in [-0.05, 0) is 30.7 Å². The van der Waals surface area contributed by atoms with E-state index in [0.29, 0.717) is 21.9 Å². The summed E-state index contributed by atoms with van der Waals surface area (Å²) in [4.78, 5) is 10.9. The van der Waals surface area contributed by atoms with Gasteiger partial charge in [-0.15, -0.1) is 0 Å². The Labute approximate surface area is 86.4 Å². The molecule has 0 unspecified atom stereocenters. The van der Waals surface area contributed by atoms with Crippen molar-refractivity contribution in [3.63, 3.8) is 0 Å². The van der Waals surface area contributed by atoms with Crippen LogP contribution in [0.3, 0.4) is 0 Å². The molecule has 0 radical (unpaired) electrons. The fourth-order valence-corrected chi connectivity index (χ4v) is 1.47. The summed E-state index contributed by atoms with van der Waals surface area (Å²) in [6, 6.07) is 3.16. The first-order valence-corrected chi connectivity index (χ1v) is 4.36. The first-order chi connectivity index (χ1) is 6.06. The summed E-state index contributed by atoms with van der Waals surface area (Å²) in [5.74, 6) is 0.566. The molecular weight excluding hydrogens is 211 g/mol. The molecule has 0 spiro atoms. The monoisotopic (exact) mass is 218 g/mol. The molecule has 0 bridgehead atoms. The molecule has 0 fully saturated rings. The molecule has 1 aromatic carbocycles. The average Bonchev–Trinajstić information content (AvgIpc) is 2.08. The zero-order chi connectivity index (χ0) is 10.0. The Balaban J connectivity index is 3.35. The molecule has 0 aliphatic heterocycles. The van der Waals surface area contributed by atoms with Gasteiger partial charge in [-0.3, -0.25) is 4.79 Å². The maximum atomic E-state index is 10.9. The Hall–Kier alpha value is -0.730. The number of rotatable bonds is 2. The summed E-state index contributed by atoms with van der Waals surface area (Å²) in [5, 5.41) is -0.0928. The number of benzene rings is 1. The maximum Gasteiger partial charge on any atom is 0.252 e. The number of halogens is 2. The zero-order valence-corrected chi connectivity index (χ0v) is 8.74. The third-order valence-electron chi connectivity index (χ3n) is 1.76. The summed E-state index contributed by atoms with van der Waals surface area (Å²) >= 11 is 11.1. The van der Waals surface area contributed by atoms with E-state index in [1.165, 1.54) is 13.2 Å². The molecule has 2 nitrogen and oxygen atoms in total. The third kappa shape index (κ3) is 2.14. The van der Waals surface area contributed by atoms with Gasteiger partial charge in [-0.2, -0.15) is 0 Å². The predicted octanol–water partition coefficient (Wildman–Crippen LogP) is 3.04. The van der Waals surface area contributed by atoms with Crippen LogP contribution in [0.1, 0.15) is 15.9 Å². The minimum Gasteiger partial charge on any atom is -0.496 e. The van der Waals surface area contributed by atoms with Crippen LogP contribution in [0.4, 0.5) is 0 Å². The Bertz CT molecular complexity index is 348. The smallest absolute Gasteiger partial charge is 0.252 e. The number of carbonyl (C=O) groups excluding carboxylic acids is 1. The van der Waals surface area contributed by atoms with Crippen molar-refractivity contribution in [1.29, 1.82) is 0 Å². The van der Waals surface area contributed by atoms with Crippen LogP contribution in [0.5, 0.6) is 5.75 Å². The normalized spacial score (nSPS) is 9.85. The van der Waals surface area contributed by atoms with Crippen LogP contribution in [0, 0.1) is 6.92 Å². The van der Waals surface area contributed by atoms with Gasteiger partial charge in [0.1, 0.15) is 5.75 Å². The topological polar surface area (TPSA) is 26.3 Å². The van der Waals surface area contributed by atoms with E-state index in [2.05, 4.69) is 0 Å². The fourth-order valence-electron chi connectivity index (χ4n) is 1.07. The molecular formula is C9H8Cl2O2. The summed E-state index contributed by atoms with van der Waals surface area (Å²) in [6.45, 7) is 1.75. The molecule has 0 aliphatic carbocycles. The van der Waals surface area contributed by atoms with Crippen LogP contribution in [-0.4, -0.2) is 12.4 Å². The molecule has 0 heterocycles. The highest BCUT2D eigenvalue weighted by Crippen LogP contribution is 2.27. The van der Waals surface area contributed by atoms with Crippen LogP contribution < -0.4 is 4.74 Å². The molecule has 1 aromatic rings. The van der Waals surface area contributed by atoms with Crippen LogP contribution >= 0.6 is 23.2 Å². The van der Waals surface area contributed by atoms with Crippen LogP contribution in [0.2, 0.25) is 5.02 Å². The van der Waals surface area contributed by atoms with E-state index >= 15 is 0 Å². The molecule has 0 aromatic heterocycles. The summed E-state index contributed by atoms with van der Waals surface area (Å²) in [7, 11) is 1.52. The molecule has 0 saturated heterocycles. The highest BCUT2D eigenvalue weighted by atomic mass is 35.5. The standard InChI is InChI=1S/C9H8Cl2O2/c1-5-7(9(11)12)3-6(10)4-8(5)13-2/h3-4H,1-2H3. The lowest BCUT2D eigenvalue weighted by Gasteiger charge is -2.07. The largest absolute Gasteiger partial charge is 0.496 e. The van der Waals surface area contributed by atoms with Gasteiger partial charge < -0.3 is 4.74 Å². The van der Waals surface area contributed by atoms with Gasteiger partial charge in [0.25, 0.3) is 5.24 Å². The minimum atomic E-state index is -0.529. The molecule has 0 amide bonds. The summed E-state index contributed by atoms with van der Waals surface area (Å²) in [6.07, 6.45) is 0. The lowest BCUT2D eigenvalue weighted by atomic mass is 10.1. The van der Waals surface area contributed by atoms with Crippen molar-refractivity contribution in [1.82, 2.24) is 0 Å². The third-order valence-corrected chi connectivity index (χ3v) is 2.18. The average molecular weight is 219 g/mol. The van der Waals surface area contributed by atoms with Gasteiger partial charge in [0.2, 0.25) is 0 Å². The minimum absolute atomic E-state index is 0.381. The zero-order valence-electron chi connectivity index (χ0n) is 7.23. The Morgan fingerprint density at radius 3 is 2.54 bits per heavy atom. The van der Waals surface area contributed by atoms with Gasteiger partial charge in [-0.25, -0.2) is 0 Å². The van der Waals surface area contributed by atoms with Crippen molar-refractivity contribution in [2.45, 2.75) is 6.92 Å². The molecule has 4 heteroatoms. The quantitative estimate of drug-likeness (QED) is 0.714. The SMILES string of the molecule is COc1cc(Cl)cc(C(=O)Cl)c1C. The second kappa shape index (κ2) is 3.99. The number of hydrogen-bond donors (Lipinski definition) is 0. The number of carbonyl (C=O) groups is 1. The van der Waals surface area contributed by atoms with Crippen molar-refractivity contribution < 1.29 is 9.53 Å². The van der Waals surface area contributed by atoms with Gasteiger partial charge in [0, 0.05) is 16.1 Å². The molecule has 0 N–H and O–H groups in total. The van der Waals surface area contributed by atoms with Crippen molar-refractivity contribution >= 4 is 28.4 Å². The Morgan fingerprint density at radius 2 is 2.08 bits per heavy atom. The molecule has 70 valence electrons. The molecule has 1 rings (SSSR count). The second-order valence-corrected chi connectivity index (χ2v) is 3.33. The molecule has 0 saturated carbocycles. The summed E-state index contributed by atoms with van der Waals surface area (Å²) < 4.78 is 5.02. The first kappa shape index (κ1) is 10.4. The van der Waals surface area contributed by atoms with Crippen molar-refractivity contribution in [3.8, 4) is 5.75 Å². The highest BCUT2D eigenvalue weighted by molar-refractivity contribution is 6.68. The fraction of sp³-hybridized carbons (Fsp3) is 0.222. The number of hydrogen-bond acceptors (Lipinski definition) is 2. The molecule has 0 atom stereocenters. The first-order valence-electron chi connectivity index (χ1n) is 3.60. The Morgan fingerprint density at radius 1 is 1.46 bits per heavy atom. The van der Waals surface area contributed by atoms with E-state index in [0.717, 1.165) is 0 Å². The lowest BCUT2D eigenvalue weighted by Crippen LogP contribution is -1.96. The van der Waals surface area contributed by atoms with Gasteiger partial charge in [0.05, 0.1) is 7.11 Å². The predicted molar refractivity (Wildman–Crippen MR) is 52.9 cm³/mol. The highest BCUT2D eigenvalue weighted by Gasteiger charge is 2.11. The Kier molecular flexibility index (Phi) is 3.17. The lowest BCUT2D eigenvalue weighted by molar-refractivity contribution is 0.108. The second-order valence-electron chi connectivity index (χ2n) is 2.55. The van der Waals surface area contributed by atoms with E-state index in [1.807, 2.05) is 0 Å². The van der Waals surface area contributed by atoms with E-state index in [1.54, 1.807) is 13.0 Å². The van der Waals surface area contributed by atoms with E-state index in [-0.39, 0.29) is 0 Å².